The van der Waals surface area contributed by atoms with E-state index in [4.69, 9.17) is 9.47 Å². The number of fused-ring (bicyclic) bond motifs is 4. The number of carbonyl (C=O) groups excluding carboxylic acids is 2. The Morgan fingerprint density at radius 3 is 2.30 bits per heavy atom. The molecule has 1 N–H and O–H groups in total. The third-order valence-electron chi connectivity index (χ3n) is 8.96. The quantitative estimate of drug-likeness (QED) is 0.340. The maximum atomic E-state index is 14.1. The maximum absolute atomic E-state index is 14.1. The zero-order chi connectivity index (χ0) is 31.0. The van der Waals surface area contributed by atoms with Crippen LogP contribution in [0.3, 0.4) is 0 Å². The molecule has 1 fully saturated rings. The molecule has 232 valence electrons. The lowest BCUT2D eigenvalue weighted by molar-refractivity contribution is 0.00774. The number of piperidine rings is 1. The molecule has 1 atom stereocenters. The summed E-state index contributed by atoms with van der Waals surface area (Å²) in [7, 11) is 0. The van der Waals surface area contributed by atoms with Crippen LogP contribution in [0.4, 0.5) is 9.59 Å². The SMILES string of the molecule is CC(C)(C)OC(=O)N1CCC[C@H](N(Cc2cc(C(=O)O)c3n2CCCC3)C(=O)OCC2c3ccccc3-c3ccccc32)C1. The van der Waals surface area contributed by atoms with Gasteiger partial charge in [0.25, 0.3) is 0 Å². The van der Waals surface area contributed by atoms with E-state index < -0.39 is 23.8 Å². The van der Waals surface area contributed by atoms with Crippen LogP contribution in [-0.4, -0.2) is 69.0 Å². The number of nitrogens with zero attached hydrogens (tertiary/aromatic N) is 3. The molecule has 2 amide bonds. The molecule has 3 heterocycles. The average molecular weight is 600 g/mol. The number of rotatable bonds is 6. The highest BCUT2D eigenvalue weighted by Crippen LogP contribution is 2.44. The van der Waals surface area contributed by atoms with E-state index in [2.05, 4.69) is 28.8 Å². The Balaban J connectivity index is 1.27. The minimum Gasteiger partial charge on any atom is -0.478 e. The molecule has 44 heavy (non-hydrogen) atoms. The van der Waals surface area contributed by atoms with Gasteiger partial charge < -0.3 is 24.0 Å². The van der Waals surface area contributed by atoms with Crippen molar-refractivity contribution in [3.8, 4) is 11.1 Å². The van der Waals surface area contributed by atoms with E-state index in [9.17, 15) is 19.5 Å². The average Bonchev–Trinajstić information content (AvgIpc) is 3.54. The van der Waals surface area contributed by atoms with Crippen molar-refractivity contribution in [3.63, 3.8) is 0 Å². The van der Waals surface area contributed by atoms with E-state index in [1.54, 1.807) is 15.9 Å². The Kier molecular flexibility index (Phi) is 8.14. The number of likely N-dealkylation sites (tertiary alicyclic amines) is 1. The third kappa shape index (κ3) is 5.92. The summed E-state index contributed by atoms with van der Waals surface area (Å²) in [6, 6.07) is 17.8. The molecular formula is C35H41N3O6. The fraction of sp³-hybridized carbons (Fsp3) is 0.457. The molecule has 0 saturated carbocycles. The maximum Gasteiger partial charge on any atom is 0.410 e. The molecule has 9 nitrogen and oxygen atoms in total. The topological polar surface area (TPSA) is 101 Å². The molecule has 3 aliphatic rings. The van der Waals surface area contributed by atoms with Gasteiger partial charge in [-0.15, -0.1) is 0 Å². The molecule has 3 aromatic rings. The van der Waals surface area contributed by atoms with Crippen molar-refractivity contribution in [2.75, 3.05) is 19.7 Å². The van der Waals surface area contributed by atoms with E-state index in [1.165, 1.54) is 0 Å². The van der Waals surface area contributed by atoms with Gasteiger partial charge in [0, 0.05) is 36.9 Å². The molecular weight excluding hydrogens is 558 g/mol. The fourth-order valence-corrected chi connectivity index (χ4v) is 6.97. The van der Waals surface area contributed by atoms with Crippen LogP contribution in [0.25, 0.3) is 11.1 Å². The second kappa shape index (κ2) is 12.0. The molecule has 1 saturated heterocycles. The predicted octanol–water partition coefficient (Wildman–Crippen LogP) is 6.67. The highest BCUT2D eigenvalue weighted by Gasteiger charge is 2.36. The lowest BCUT2D eigenvalue weighted by atomic mass is 9.98. The lowest BCUT2D eigenvalue weighted by Gasteiger charge is -2.39. The summed E-state index contributed by atoms with van der Waals surface area (Å²) in [4.78, 5) is 42.6. The minimum atomic E-state index is -0.955. The summed E-state index contributed by atoms with van der Waals surface area (Å²) in [5.74, 6) is -1.04. The standard InChI is InChI=1S/C35H41N3O6/c1-35(2,3)44-33(41)36-17-10-11-23(20-36)38(21-24-19-29(32(39)40)31-16-8-9-18-37(24)31)34(42)43-22-30-27-14-6-4-12-25(27)26-13-5-7-15-28(26)30/h4-7,12-15,19,23,30H,8-11,16-18,20-22H2,1-3H3,(H,39,40)/t23-/m0/s1. The number of ether oxygens (including phenoxy) is 2. The van der Waals surface area contributed by atoms with Gasteiger partial charge in [0.15, 0.2) is 0 Å². The van der Waals surface area contributed by atoms with Gasteiger partial charge in [-0.05, 0) is 81.2 Å². The van der Waals surface area contributed by atoms with E-state index in [1.807, 2.05) is 45.0 Å². The summed E-state index contributed by atoms with van der Waals surface area (Å²) in [5, 5.41) is 9.92. The van der Waals surface area contributed by atoms with Gasteiger partial charge in [-0.1, -0.05) is 48.5 Å². The van der Waals surface area contributed by atoms with Gasteiger partial charge in [0.2, 0.25) is 0 Å². The molecule has 9 heteroatoms. The molecule has 0 bridgehead atoms. The fourth-order valence-electron chi connectivity index (χ4n) is 6.97. The minimum absolute atomic E-state index is 0.0857. The second-order valence-corrected chi connectivity index (χ2v) is 13.1. The molecule has 0 unspecified atom stereocenters. The van der Waals surface area contributed by atoms with Gasteiger partial charge in [0.05, 0.1) is 18.2 Å². The molecule has 2 aromatic carbocycles. The first-order valence-corrected chi connectivity index (χ1v) is 15.6. The van der Waals surface area contributed by atoms with Crippen LogP contribution in [0.15, 0.2) is 54.6 Å². The monoisotopic (exact) mass is 599 g/mol. The van der Waals surface area contributed by atoms with Crippen LogP contribution in [-0.2, 0) is 29.0 Å². The number of aromatic nitrogens is 1. The van der Waals surface area contributed by atoms with Crippen LogP contribution in [0.5, 0.6) is 0 Å². The number of hydrogen-bond acceptors (Lipinski definition) is 5. The molecule has 6 rings (SSSR count). The first-order valence-electron chi connectivity index (χ1n) is 15.6. The van der Waals surface area contributed by atoms with Crippen LogP contribution >= 0.6 is 0 Å². The number of benzene rings is 2. The van der Waals surface area contributed by atoms with Gasteiger partial charge in [-0.2, -0.15) is 0 Å². The zero-order valence-corrected chi connectivity index (χ0v) is 25.8. The normalized spacial score (nSPS) is 17.8. The number of amides is 2. The summed E-state index contributed by atoms with van der Waals surface area (Å²) in [6.07, 6.45) is 3.13. The Morgan fingerprint density at radius 2 is 1.64 bits per heavy atom. The van der Waals surface area contributed by atoms with Crippen molar-refractivity contribution in [2.45, 2.75) is 83.5 Å². The zero-order valence-electron chi connectivity index (χ0n) is 25.8. The van der Waals surface area contributed by atoms with E-state index in [-0.39, 0.29) is 25.1 Å². The summed E-state index contributed by atoms with van der Waals surface area (Å²) < 4.78 is 13.8. The number of carboxylic acids is 1. The Morgan fingerprint density at radius 1 is 0.955 bits per heavy atom. The van der Waals surface area contributed by atoms with Crippen LogP contribution < -0.4 is 0 Å². The van der Waals surface area contributed by atoms with Crippen LogP contribution in [0.2, 0.25) is 0 Å². The first-order chi connectivity index (χ1) is 21.1. The Labute approximate surface area is 258 Å². The Hall–Kier alpha value is -4.27. The van der Waals surface area contributed by atoms with Crippen LogP contribution in [0.1, 0.15) is 85.2 Å². The second-order valence-electron chi connectivity index (χ2n) is 13.1. The largest absolute Gasteiger partial charge is 0.478 e. The summed E-state index contributed by atoms with van der Waals surface area (Å²) in [5.41, 5.74) is 5.83. The van der Waals surface area contributed by atoms with Crippen molar-refractivity contribution >= 4 is 18.2 Å². The molecule has 0 spiro atoms. The molecule has 1 aromatic heterocycles. The summed E-state index contributed by atoms with van der Waals surface area (Å²) >= 11 is 0. The predicted molar refractivity (Wildman–Crippen MR) is 166 cm³/mol. The first kappa shape index (κ1) is 29.8. The van der Waals surface area contributed by atoms with Crippen molar-refractivity contribution in [1.82, 2.24) is 14.4 Å². The highest BCUT2D eigenvalue weighted by atomic mass is 16.6. The number of carbonyl (C=O) groups is 3. The van der Waals surface area contributed by atoms with Crippen LogP contribution in [0, 0.1) is 0 Å². The smallest absolute Gasteiger partial charge is 0.410 e. The van der Waals surface area contributed by atoms with Crippen molar-refractivity contribution in [1.29, 1.82) is 0 Å². The van der Waals surface area contributed by atoms with E-state index in [0.29, 0.717) is 44.5 Å². The molecule has 0 radical (unpaired) electrons. The summed E-state index contributed by atoms with van der Waals surface area (Å²) in [6.45, 7) is 7.47. The number of hydrogen-bond donors (Lipinski definition) is 1. The van der Waals surface area contributed by atoms with Crippen molar-refractivity contribution < 1.29 is 29.0 Å². The number of aromatic carboxylic acids is 1. The highest BCUT2D eigenvalue weighted by molar-refractivity contribution is 5.89. The van der Waals surface area contributed by atoms with Gasteiger partial charge >= 0.3 is 18.2 Å². The lowest BCUT2D eigenvalue weighted by Crippen LogP contribution is -2.52. The van der Waals surface area contributed by atoms with Gasteiger partial charge in [0.1, 0.15) is 12.2 Å². The van der Waals surface area contributed by atoms with Crippen molar-refractivity contribution in [3.05, 3.63) is 82.7 Å². The van der Waals surface area contributed by atoms with Crippen molar-refractivity contribution in [2.24, 2.45) is 0 Å². The number of carboxylic acid groups (broad SMARTS) is 1. The van der Waals surface area contributed by atoms with Gasteiger partial charge in [-0.25, -0.2) is 14.4 Å². The van der Waals surface area contributed by atoms with E-state index in [0.717, 1.165) is 46.5 Å². The van der Waals surface area contributed by atoms with Gasteiger partial charge in [-0.3, -0.25) is 4.90 Å². The molecule has 1 aliphatic carbocycles. The Bertz CT molecular complexity index is 1530. The third-order valence-corrected chi connectivity index (χ3v) is 8.96. The molecule has 2 aliphatic heterocycles. The van der Waals surface area contributed by atoms with E-state index >= 15 is 0 Å².